The smallest absolute Gasteiger partial charge is 0.357 e. The molecule has 2 aromatic heterocycles. The standard InChI is InChI=1S/C21H22F3N5S/c1-20(2)13-28(16-3-5-17(6-4-16)30-21(22,23)24)14-29(20)12-15-7-8-25-11-18(15)19-26-9-10-27-19/h3-11H,12-14H2,1-2H3,(H,26,27). The van der Waals surface area contributed by atoms with Crippen LogP contribution >= 0.6 is 11.8 Å². The van der Waals surface area contributed by atoms with E-state index in [1.807, 2.05) is 12.3 Å². The van der Waals surface area contributed by atoms with Crippen LogP contribution < -0.4 is 4.90 Å². The zero-order chi connectivity index (χ0) is 21.4. The van der Waals surface area contributed by atoms with Crippen LogP contribution in [0.3, 0.4) is 0 Å². The van der Waals surface area contributed by atoms with Gasteiger partial charge < -0.3 is 9.88 Å². The molecule has 1 saturated heterocycles. The minimum absolute atomic E-state index is 0.0894. The van der Waals surface area contributed by atoms with E-state index in [-0.39, 0.29) is 22.2 Å². The van der Waals surface area contributed by atoms with Crippen molar-refractivity contribution in [3.05, 3.63) is 60.7 Å². The van der Waals surface area contributed by atoms with Crippen LogP contribution in [0.25, 0.3) is 11.4 Å². The van der Waals surface area contributed by atoms with E-state index in [0.29, 0.717) is 13.2 Å². The SMILES string of the molecule is CC1(C)CN(c2ccc(SC(F)(F)F)cc2)CN1Cc1ccncc1-c1ncc[nH]1. The number of H-pyrrole nitrogens is 1. The van der Waals surface area contributed by atoms with Crippen molar-refractivity contribution in [3.63, 3.8) is 0 Å². The third-order valence-electron chi connectivity index (χ3n) is 5.24. The van der Waals surface area contributed by atoms with Gasteiger partial charge in [0.25, 0.3) is 0 Å². The quantitative estimate of drug-likeness (QED) is 0.565. The number of alkyl halides is 3. The van der Waals surface area contributed by atoms with Crippen LogP contribution in [0.1, 0.15) is 19.4 Å². The third kappa shape index (κ3) is 4.62. The van der Waals surface area contributed by atoms with E-state index in [9.17, 15) is 13.2 Å². The molecule has 30 heavy (non-hydrogen) atoms. The normalized spacial score (nSPS) is 16.9. The Balaban J connectivity index is 1.51. The average Bonchev–Trinajstić information content (AvgIpc) is 3.30. The number of nitrogens with zero attached hydrogens (tertiary/aromatic N) is 4. The molecule has 158 valence electrons. The number of thioether (sulfide) groups is 1. The second kappa shape index (κ2) is 7.96. The summed E-state index contributed by atoms with van der Waals surface area (Å²) in [5, 5.41) is 0. The van der Waals surface area contributed by atoms with Crippen molar-refractivity contribution in [3.8, 4) is 11.4 Å². The van der Waals surface area contributed by atoms with E-state index in [0.717, 1.165) is 29.2 Å². The van der Waals surface area contributed by atoms with Crippen molar-refractivity contribution >= 4 is 17.4 Å². The summed E-state index contributed by atoms with van der Waals surface area (Å²) in [6, 6.07) is 8.57. The Labute approximate surface area is 177 Å². The van der Waals surface area contributed by atoms with Crippen LogP contribution in [0, 0.1) is 0 Å². The molecule has 0 spiro atoms. The van der Waals surface area contributed by atoms with Gasteiger partial charge in [0, 0.05) is 59.6 Å². The number of pyridine rings is 1. The highest BCUT2D eigenvalue weighted by molar-refractivity contribution is 8.00. The molecule has 1 aromatic carbocycles. The summed E-state index contributed by atoms with van der Waals surface area (Å²) in [5.41, 5.74) is -1.39. The van der Waals surface area contributed by atoms with E-state index in [2.05, 4.69) is 38.6 Å². The van der Waals surface area contributed by atoms with Crippen molar-refractivity contribution in [2.75, 3.05) is 18.1 Å². The van der Waals surface area contributed by atoms with Gasteiger partial charge in [0.1, 0.15) is 5.82 Å². The van der Waals surface area contributed by atoms with Gasteiger partial charge in [-0.15, -0.1) is 0 Å². The number of imidazole rings is 1. The molecule has 0 bridgehead atoms. The number of hydrogen-bond acceptors (Lipinski definition) is 5. The Morgan fingerprint density at radius 3 is 2.57 bits per heavy atom. The summed E-state index contributed by atoms with van der Waals surface area (Å²) < 4.78 is 37.7. The van der Waals surface area contributed by atoms with E-state index in [1.54, 1.807) is 30.7 Å². The van der Waals surface area contributed by atoms with Crippen molar-refractivity contribution in [2.45, 2.75) is 36.3 Å². The molecule has 3 aromatic rings. The predicted octanol–water partition coefficient (Wildman–Crippen LogP) is 5.14. The molecular formula is C21H22F3N5S. The largest absolute Gasteiger partial charge is 0.446 e. The van der Waals surface area contributed by atoms with Crippen LogP contribution in [0.2, 0.25) is 0 Å². The van der Waals surface area contributed by atoms with Gasteiger partial charge >= 0.3 is 5.51 Å². The summed E-state index contributed by atoms with van der Waals surface area (Å²) >= 11 is -0.0894. The van der Waals surface area contributed by atoms with E-state index in [4.69, 9.17) is 0 Å². The maximum atomic E-state index is 12.6. The summed E-state index contributed by atoms with van der Waals surface area (Å²) in [7, 11) is 0. The number of hydrogen-bond donors (Lipinski definition) is 1. The van der Waals surface area contributed by atoms with Gasteiger partial charge in [-0.05, 0) is 61.5 Å². The first-order chi connectivity index (χ1) is 14.2. The van der Waals surface area contributed by atoms with Crippen molar-refractivity contribution < 1.29 is 13.2 Å². The molecule has 5 nitrogen and oxygen atoms in total. The van der Waals surface area contributed by atoms with E-state index < -0.39 is 5.51 Å². The maximum absolute atomic E-state index is 12.6. The number of aromatic amines is 1. The lowest BCUT2D eigenvalue weighted by atomic mass is 10.0. The first-order valence-corrected chi connectivity index (χ1v) is 10.3. The Morgan fingerprint density at radius 2 is 1.90 bits per heavy atom. The highest BCUT2D eigenvalue weighted by Crippen LogP contribution is 2.38. The lowest BCUT2D eigenvalue weighted by Crippen LogP contribution is -2.39. The molecule has 0 aliphatic carbocycles. The Hall–Kier alpha value is -2.52. The van der Waals surface area contributed by atoms with E-state index >= 15 is 0 Å². The van der Waals surface area contributed by atoms with Crippen LogP contribution in [0.15, 0.2) is 60.0 Å². The molecule has 0 unspecified atom stereocenters. The van der Waals surface area contributed by atoms with Gasteiger partial charge in [-0.3, -0.25) is 9.88 Å². The minimum Gasteiger partial charge on any atom is -0.357 e. The van der Waals surface area contributed by atoms with Crippen molar-refractivity contribution in [1.82, 2.24) is 19.9 Å². The fourth-order valence-corrected chi connectivity index (χ4v) is 4.24. The zero-order valence-corrected chi connectivity index (χ0v) is 17.5. The lowest BCUT2D eigenvalue weighted by Gasteiger charge is -2.30. The van der Waals surface area contributed by atoms with Crippen molar-refractivity contribution in [2.24, 2.45) is 0 Å². The first kappa shape index (κ1) is 20.7. The van der Waals surface area contributed by atoms with Gasteiger partial charge in [0.15, 0.2) is 0 Å². The molecule has 0 atom stereocenters. The maximum Gasteiger partial charge on any atom is 0.446 e. The highest BCUT2D eigenvalue weighted by atomic mass is 32.2. The van der Waals surface area contributed by atoms with Crippen LogP contribution in [-0.4, -0.2) is 44.1 Å². The molecule has 0 radical (unpaired) electrons. The average molecular weight is 434 g/mol. The molecule has 0 amide bonds. The molecule has 0 saturated carbocycles. The van der Waals surface area contributed by atoms with Gasteiger partial charge in [0.2, 0.25) is 0 Å². The summed E-state index contributed by atoms with van der Waals surface area (Å²) in [6.45, 7) is 6.52. The fraction of sp³-hybridized carbons (Fsp3) is 0.333. The molecule has 9 heteroatoms. The fourth-order valence-electron chi connectivity index (χ4n) is 3.70. The second-order valence-corrected chi connectivity index (χ2v) is 9.00. The molecule has 1 N–H and O–H groups in total. The van der Waals surface area contributed by atoms with Crippen LogP contribution in [0.4, 0.5) is 18.9 Å². The summed E-state index contributed by atoms with van der Waals surface area (Å²) in [5.74, 6) is 0.782. The predicted molar refractivity (Wildman–Crippen MR) is 112 cm³/mol. The molecule has 1 fully saturated rings. The van der Waals surface area contributed by atoms with E-state index in [1.165, 1.54) is 12.1 Å². The number of rotatable bonds is 5. The Bertz CT molecular complexity index is 987. The third-order valence-corrected chi connectivity index (χ3v) is 5.98. The zero-order valence-electron chi connectivity index (χ0n) is 16.6. The molecule has 4 rings (SSSR count). The van der Waals surface area contributed by atoms with Gasteiger partial charge in [0.05, 0.1) is 6.67 Å². The van der Waals surface area contributed by atoms with Crippen LogP contribution in [-0.2, 0) is 6.54 Å². The molecule has 1 aliphatic rings. The molecule has 3 heterocycles. The summed E-state index contributed by atoms with van der Waals surface area (Å²) in [4.78, 5) is 16.5. The van der Waals surface area contributed by atoms with Gasteiger partial charge in [-0.2, -0.15) is 13.2 Å². The molecule has 1 aliphatic heterocycles. The highest BCUT2D eigenvalue weighted by Gasteiger charge is 2.37. The Morgan fingerprint density at radius 1 is 1.13 bits per heavy atom. The molecular weight excluding hydrogens is 411 g/mol. The van der Waals surface area contributed by atoms with Gasteiger partial charge in [-0.25, -0.2) is 4.98 Å². The topological polar surface area (TPSA) is 48.1 Å². The van der Waals surface area contributed by atoms with Crippen molar-refractivity contribution in [1.29, 1.82) is 0 Å². The first-order valence-electron chi connectivity index (χ1n) is 9.50. The van der Waals surface area contributed by atoms with Crippen LogP contribution in [0.5, 0.6) is 0 Å². The number of benzene rings is 1. The van der Waals surface area contributed by atoms with Gasteiger partial charge in [-0.1, -0.05) is 0 Å². The lowest BCUT2D eigenvalue weighted by molar-refractivity contribution is -0.0328. The second-order valence-electron chi connectivity index (χ2n) is 7.86. The number of anilines is 1. The number of halogens is 3. The summed E-state index contributed by atoms with van der Waals surface area (Å²) in [6.07, 6.45) is 7.09. The Kier molecular flexibility index (Phi) is 5.50. The number of aromatic nitrogens is 3. The number of nitrogens with one attached hydrogen (secondary N) is 1. The monoisotopic (exact) mass is 433 g/mol. The minimum atomic E-state index is -4.27.